The average Bonchev–Trinajstić information content (AvgIpc) is 1.96. The molecule has 0 saturated carbocycles. The lowest BCUT2D eigenvalue weighted by Crippen LogP contribution is -2.16. The van der Waals surface area contributed by atoms with E-state index in [1.807, 2.05) is 6.08 Å². The van der Waals surface area contributed by atoms with Gasteiger partial charge in [-0.3, -0.25) is 0 Å². The van der Waals surface area contributed by atoms with Gasteiger partial charge in [0.25, 0.3) is 0 Å². The van der Waals surface area contributed by atoms with E-state index in [0.717, 1.165) is 25.4 Å². The summed E-state index contributed by atoms with van der Waals surface area (Å²) in [4.78, 5) is 0. The maximum Gasteiger partial charge on any atom is -0.00144 e. The van der Waals surface area contributed by atoms with Crippen molar-refractivity contribution in [2.75, 3.05) is 13.1 Å². The predicted molar refractivity (Wildman–Crippen MR) is 51.8 cm³/mol. The Balaban J connectivity index is 2.85. The van der Waals surface area contributed by atoms with Crippen LogP contribution in [0.4, 0.5) is 0 Å². The molecule has 0 aliphatic heterocycles. The first-order valence-corrected chi connectivity index (χ1v) is 4.59. The molecule has 0 rings (SSSR count). The number of hydrogen-bond donors (Lipinski definition) is 1. The molecule has 0 bridgehead atoms. The van der Waals surface area contributed by atoms with Crippen LogP contribution in [0.3, 0.4) is 0 Å². The van der Waals surface area contributed by atoms with Crippen molar-refractivity contribution in [1.82, 2.24) is 5.32 Å². The molecule has 0 saturated heterocycles. The highest BCUT2D eigenvalue weighted by Crippen LogP contribution is 2.01. The molecule has 0 aromatic carbocycles. The van der Waals surface area contributed by atoms with Crippen molar-refractivity contribution >= 4 is 0 Å². The summed E-state index contributed by atoms with van der Waals surface area (Å²) >= 11 is 0. The molecule has 0 atom stereocenters. The largest absolute Gasteiger partial charge is 0.316 e. The van der Waals surface area contributed by atoms with Gasteiger partial charge in [-0.25, -0.2) is 0 Å². The summed E-state index contributed by atoms with van der Waals surface area (Å²) in [5.41, 5.74) is 0. The molecule has 1 N–H and O–H groups in total. The molecule has 0 heterocycles. The van der Waals surface area contributed by atoms with Crippen LogP contribution in [-0.2, 0) is 0 Å². The molecule has 0 aromatic rings. The van der Waals surface area contributed by atoms with Gasteiger partial charge >= 0.3 is 0 Å². The molecule has 1 heteroatoms. The third kappa shape index (κ3) is 9.70. The molecule has 11 heavy (non-hydrogen) atoms. The fourth-order valence-electron chi connectivity index (χ4n) is 0.964. The maximum absolute atomic E-state index is 3.67. The second kappa shape index (κ2) is 7.80. The molecule has 0 aliphatic rings. The van der Waals surface area contributed by atoms with Gasteiger partial charge in [0.15, 0.2) is 0 Å². The van der Waals surface area contributed by atoms with Crippen LogP contribution in [0.25, 0.3) is 0 Å². The first kappa shape index (κ1) is 10.7. The fraction of sp³-hybridized carbons (Fsp3) is 0.800. The minimum absolute atomic E-state index is 0.844. The third-order valence-electron chi connectivity index (χ3n) is 1.66. The highest BCUT2D eigenvalue weighted by atomic mass is 14.8. The Morgan fingerprint density at radius 1 is 1.36 bits per heavy atom. The monoisotopic (exact) mass is 155 g/mol. The van der Waals surface area contributed by atoms with Crippen LogP contribution >= 0.6 is 0 Å². The molecule has 0 spiro atoms. The molecule has 66 valence electrons. The van der Waals surface area contributed by atoms with Crippen LogP contribution in [0, 0.1) is 5.92 Å². The van der Waals surface area contributed by atoms with Crippen molar-refractivity contribution in [3.63, 3.8) is 0 Å². The van der Waals surface area contributed by atoms with Crippen molar-refractivity contribution in [2.45, 2.75) is 33.1 Å². The van der Waals surface area contributed by atoms with Gasteiger partial charge in [0.1, 0.15) is 0 Å². The van der Waals surface area contributed by atoms with E-state index < -0.39 is 0 Å². The highest BCUT2D eigenvalue weighted by Gasteiger charge is 1.92. The van der Waals surface area contributed by atoms with E-state index >= 15 is 0 Å². The molecule has 0 amide bonds. The number of hydrogen-bond acceptors (Lipinski definition) is 1. The molecule has 0 fully saturated rings. The zero-order chi connectivity index (χ0) is 8.53. The van der Waals surface area contributed by atoms with Gasteiger partial charge in [-0.15, -0.1) is 6.58 Å². The summed E-state index contributed by atoms with van der Waals surface area (Å²) in [7, 11) is 0. The first-order chi connectivity index (χ1) is 5.27. The molecule has 0 aromatic heterocycles. The molecule has 1 nitrogen and oxygen atoms in total. The van der Waals surface area contributed by atoms with E-state index in [9.17, 15) is 0 Å². The van der Waals surface area contributed by atoms with Gasteiger partial charge in [0, 0.05) is 0 Å². The second-order valence-electron chi connectivity index (χ2n) is 3.36. The molecule has 0 aliphatic carbocycles. The summed E-state index contributed by atoms with van der Waals surface area (Å²) in [5.74, 6) is 0.844. The Bertz CT molecular complexity index is 86.9. The quantitative estimate of drug-likeness (QED) is 0.440. The normalized spacial score (nSPS) is 10.5. The minimum Gasteiger partial charge on any atom is -0.316 e. The molecular formula is C10H21N. The van der Waals surface area contributed by atoms with Gasteiger partial charge in [-0.2, -0.15) is 0 Å². The minimum atomic E-state index is 0.844. The van der Waals surface area contributed by atoms with E-state index in [0.29, 0.717) is 0 Å². The van der Waals surface area contributed by atoms with Crippen LogP contribution in [0.5, 0.6) is 0 Å². The molecular weight excluding hydrogens is 134 g/mol. The molecule has 0 radical (unpaired) electrons. The van der Waals surface area contributed by atoms with E-state index in [1.54, 1.807) is 0 Å². The standard InChI is InChI=1S/C10H21N/c1-4-5-8-11-9-6-7-10(2)3/h4,10-11H,1,5-9H2,2-3H3. The SMILES string of the molecule is C=CCCNCCCC(C)C. The van der Waals surface area contributed by atoms with E-state index in [-0.39, 0.29) is 0 Å². The highest BCUT2D eigenvalue weighted by molar-refractivity contribution is 4.67. The summed E-state index contributed by atoms with van der Waals surface area (Å²) in [6.07, 6.45) is 5.67. The van der Waals surface area contributed by atoms with Gasteiger partial charge in [0.2, 0.25) is 0 Å². The second-order valence-corrected chi connectivity index (χ2v) is 3.36. The lowest BCUT2D eigenvalue weighted by molar-refractivity contribution is 0.529. The summed E-state index contributed by atoms with van der Waals surface area (Å²) in [5, 5.41) is 3.37. The lowest BCUT2D eigenvalue weighted by Gasteiger charge is -2.04. The van der Waals surface area contributed by atoms with Crippen LogP contribution in [-0.4, -0.2) is 13.1 Å². The Hall–Kier alpha value is -0.300. The van der Waals surface area contributed by atoms with Crippen LogP contribution < -0.4 is 5.32 Å². The Labute approximate surface area is 70.9 Å². The Morgan fingerprint density at radius 2 is 2.09 bits per heavy atom. The van der Waals surface area contributed by atoms with E-state index in [2.05, 4.69) is 25.7 Å². The Morgan fingerprint density at radius 3 is 2.64 bits per heavy atom. The topological polar surface area (TPSA) is 12.0 Å². The maximum atomic E-state index is 3.67. The van der Waals surface area contributed by atoms with Crippen molar-refractivity contribution in [2.24, 2.45) is 5.92 Å². The first-order valence-electron chi connectivity index (χ1n) is 4.59. The van der Waals surface area contributed by atoms with Crippen molar-refractivity contribution in [3.05, 3.63) is 12.7 Å². The van der Waals surface area contributed by atoms with Crippen LogP contribution in [0.15, 0.2) is 12.7 Å². The third-order valence-corrected chi connectivity index (χ3v) is 1.66. The van der Waals surface area contributed by atoms with Crippen molar-refractivity contribution < 1.29 is 0 Å². The van der Waals surface area contributed by atoms with Crippen LogP contribution in [0.1, 0.15) is 33.1 Å². The smallest absolute Gasteiger partial charge is 0.00144 e. The summed E-state index contributed by atoms with van der Waals surface area (Å²) < 4.78 is 0. The van der Waals surface area contributed by atoms with Gasteiger partial charge < -0.3 is 5.32 Å². The predicted octanol–water partition coefficient (Wildman–Crippen LogP) is 2.59. The van der Waals surface area contributed by atoms with Crippen molar-refractivity contribution in [3.8, 4) is 0 Å². The van der Waals surface area contributed by atoms with Gasteiger partial charge in [-0.05, 0) is 38.3 Å². The number of nitrogens with one attached hydrogen (secondary N) is 1. The fourth-order valence-corrected chi connectivity index (χ4v) is 0.964. The van der Waals surface area contributed by atoms with Gasteiger partial charge in [0.05, 0.1) is 0 Å². The zero-order valence-corrected chi connectivity index (χ0v) is 7.90. The average molecular weight is 155 g/mol. The number of rotatable bonds is 7. The van der Waals surface area contributed by atoms with E-state index in [4.69, 9.17) is 0 Å². The lowest BCUT2D eigenvalue weighted by atomic mass is 10.1. The summed E-state index contributed by atoms with van der Waals surface area (Å²) in [6, 6.07) is 0. The van der Waals surface area contributed by atoms with Gasteiger partial charge in [-0.1, -0.05) is 19.9 Å². The molecule has 0 unspecified atom stereocenters. The zero-order valence-electron chi connectivity index (χ0n) is 7.90. The van der Waals surface area contributed by atoms with Crippen molar-refractivity contribution in [1.29, 1.82) is 0 Å². The van der Waals surface area contributed by atoms with E-state index in [1.165, 1.54) is 12.8 Å². The van der Waals surface area contributed by atoms with Crippen LogP contribution in [0.2, 0.25) is 0 Å². The Kier molecular flexibility index (Phi) is 7.59. The summed E-state index contributed by atoms with van der Waals surface area (Å²) in [6.45, 7) is 10.4.